The molecule has 0 fully saturated rings. The van der Waals surface area contributed by atoms with Gasteiger partial charge in [-0.2, -0.15) is 0 Å². The van der Waals surface area contributed by atoms with Crippen molar-refractivity contribution in [2.45, 2.75) is 19.6 Å². The molecule has 1 amide bonds. The third kappa shape index (κ3) is 4.41. The van der Waals surface area contributed by atoms with Crippen molar-refractivity contribution in [3.63, 3.8) is 0 Å². The fourth-order valence-corrected chi connectivity index (χ4v) is 3.72. The maximum absolute atomic E-state index is 12.3. The van der Waals surface area contributed by atoms with Gasteiger partial charge in [-0.1, -0.05) is 12.1 Å². The Hall–Kier alpha value is -3.32. The summed E-state index contributed by atoms with van der Waals surface area (Å²) in [6.07, 6.45) is -0.637. The van der Waals surface area contributed by atoms with Crippen LogP contribution in [-0.2, 0) is 11.3 Å². The van der Waals surface area contributed by atoms with Gasteiger partial charge in [0.15, 0.2) is 16.9 Å². The molecule has 0 bridgehead atoms. The highest BCUT2D eigenvalue weighted by atomic mass is 32.1. The fourth-order valence-electron chi connectivity index (χ4n) is 2.80. The Kier molecular flexibility index (Phi) is 5.48. The molecule has 0 aliphatic heterocycles. The molecule has 0 radical (unpaired) electrons. The molecule has 0 aliphatic carbocycles. The second-order valence-corrected chi connectivity index (χ2v) is 7.44. The Morgan fingerprint density at radius 2 is 1.86 bits per heavy atom. The standard InChI is InChI=1S/C22H20N2O4S/c1-14(27-16-9-7-15(26-2)8-10-16)21(25)23-13-17-11-12-19(28-17)22-24-18-5-3-4-6-20(18)29-22/h3-12,14H,13H2,1-2H3,(H,23,25). The number of nitrogens with zero attached hydrogens (tertiary/aromatic N) is 1. The van der Waals surface area contributed by atoms with Gasteiger partial charge >= 0.3 is 0 Å². The number of furan rings is 1. The van der Waals surface area contributed by atoms with Crippen LogP contribution in [0.2, 0.25) is 0 Å². The van der Waals surface area contributed by atoms with E-state index in [1.54, 1.807) is 49.6 Å². The van der Waals surface area contributed by atoms with Gasteiger partial charge in [0.1, 0.15) is 17.3 Å². The molecule has 6 nitrogen and oxygen atoms in total. The number of methoxy groups -OCH3 is 1. The molecule has 4 rings (SSSR count). The minimum atomic E-state index is -0.637. The monoisotopic (exact) mass is 408 g/mol. The zero-order chi connectivity index (χ0) is 20.2. The molecule has 1 unspecified atom stereocenters. The van der Waals surface area contributed by atoms with Crippen molar-refractivity contribution >= 4 is 27.5 Å². The van der Waals surface area contributed by atoms with Gasteiger partial charge in [-0.3, -0.25) is 4.79 Å². The van der Waals surface area contributed by atoms with E-state index in [9.17, 15) is 4.79 Å². The van der Waals surface area contributed by atoms with Crippen molar-refractivity contribution in [3.05, 3.63) is 66.4 Å². The number of aromatic nitrogens is 1. The molecule has 0 saturated heterocycles. The number of para-hydroxylation sites is 1. The number of thiazole rings is 1. The van der Waals surface area contributed by atoms with Crippen molar-refractivity contribution in [1.29, 1.82) is 0 Å². The van der Waals surface area contributed by atoms with Gasteiger partial charge in [-0.05, 0) is 55.5 Å². The zero-order valence-corrected chi connectivity index (χ0v) is 16.9. The zero-order valence-electron chi connectivity index (χ0n) is 16.0. The molecule has 4 aromatic rings. The van der Waals surface area contributed by atoms with E-state index in [4.69, 9.17) is 13.9 Å². The second kappa shape index (κ2) is 8.36. The highest BCUT2D eigenvalue weighted by Gasteiger charge is 2.16. The second-order valence-electron chi connectivity index (χ2n) is 6.41. The summed E-state index contributed by atoms with van der Waals surface area (Å²) in [6, 6.07) is 18.8. The molecule has 29 heavy (non-hydrogen) atoms. The van der Waals surface area contributed by atoms with E-state index < -0.39 is 6.10 Å². The van der Waals surface area contributed by atoms with Crippen LogP contribution in [0.15, 0.2) is 65.1 Å². The van der Waals surface area contributed by atoms with Crippen molar-refractivity contribution in [3.8, 4) is 22.3 Å². The molecular formula is C22H20N2O4S. The number of benzene rings is 2. The topological polar surface area (TPSA) is 73.6 Å². The average molecular weight is 408 g/mol. The van der Waals surface area contributed by atoms with E-state index >= 15 is 0 Å². The Morgan fingerprint density at radius 3 is 2.62 bits per heavy atom. The summed E-state index contributed by atoms with van der Waals surface area (Å²) in [5.74, 6) is 2.46. The van der Waals surface area contributed by atoms with Crippen LogP contribution < -0.4 is 14.8 Å². The third-order valence-electron chi connectivity index (χ3n) is 4.34. The predicted molar refractivity (Wildman–Crippen MR) is 112 cm³/mol. The number of carbonyl (C=O) groups excluding carboxylic acids is 1. The summed E-state index contributed by atoms with van der Waals surface area (Å²) in [6.45, 7) is 1.98. The number of carbonyl (C=O) groups is 1. The largest absolute Gasteiger partial charge is 0.497 e. The van der Waals surface area contributed by atoms with Gasteiger partial charge in [-0.25, -0.2) is 4.98 Å². The number of amides is 1. The van der Waals surface area contributed by atoms with E-state index in [0.717, 1.165) is 21.0 Å². The lowest BCUT2D eigenvalue weighted by molar-refractivity contribution is -0.127. The maximum Gasteiger partial charge on any atom is 0.261 e. The van der Waals surface area contributed by atoms with Crippen molar-refractivity contribution in [1.82, 2.24) is 10.3 Å². The molecule has 2 aromatic carbocycles. The number of nitrogens with one attached hydrogen (secondary N) is 1. The molecule has 0 spiro atoms. The smallest absolute Gasteiger partial charge is 0.261 e. The van der Waals surface area contributed by atoms with Crippen molar-refractivity contribution in [2.24, 2.45) is 0 Å². The van der Waals surface area contributed by atoms with Crippen LogP contribution in [0.1, 0.15) is 12.7 Å². The first-order valence-corrected chi connectivity index (χ1v) is 9.97. The molecule has 7 heteroatoms. The average Bonchev–Trinajstić information content (AvgIpc) is 3.39. The summed E-state index contributed by atoms with van der Waals surface area (Å²) >= 11 is 1.58. The molecule has 148 valence electrons. The lowest BCUT2D eigenvalue weighted by Gasteiger charge is -2.14. The van der Waals surface area contributed by atoms with E-state index in [2.05, 4.69) is 10.3 Å². The van der Waals surface area contributed by atoms with Crippen LogP contribution in [-0.4, -0.2) is 24.1 Å². The summed E-state index contributed by atoms with van der Waals surface area (Å²) in [5.41, 5.74) is 0.947. The summed E-state index contributed by atoms with van der Waals surface area (Å²) in [5, 5.41) is 3.65. The van der Waals surface area contributed by atoms with E-state index in [-0.39, 0.29) is 12.5 Å². The first kappa shape index (κ1) is 19.0. The molecule has 1 atom stereocenters. The molecule has 0 aliphatic rings. The lowest BCUT2D eigenvalue weighted by Crippen LogP contribution is -2.35. The normalized spacial score (nSPS) is 11.9. The molecule has 2 heterocycles. The lowest BCUT2D eigenvalue weighted by atomic mass is 10.3. The number of hydrogen-bond donors (Lipinski definition) is 1. The van der Waals surface area contributed by atoms with Crippen LogP contribution in [0.5, 0.6) is 11.5 Å². The number of hydrogen-bond acceptors (Lipinski definition) is 6. The molecule has 2 aromatic heterocycles. The summed E-state index contributed by atoms with van der Waals surface area (Å²) in [4.78, 5) is 16.9. The van der Waals surface area contributed by atoms with Crippen LogP contribution in [0, 0.1) is 0 Å². The number of fused-ring (bicyclic) bond motifs is 1. The van der Waals surface area contributed by atoms with E-state index in [0.29, 0.717) is 17.3 Å². The predicted octanol–water partition coefficient (Wildman–Crippen LogP) is 4.65. The Bertz CT molecular complexity index is 1080. The van der Waals surface area contributed by atoms with E-state index in [1.807, 2.05) is 36.4 Å². The Balaban J connectivity index is 1.34. The maximum atomic E-state index is 12.3. The molecule has 0 saturated carbocycles. The third-order valence-corrected chi connectivity index (χ3v) is 5.40. The van der Waals surface area contributed by atoms with Gasteiger partial charge in [0.05, 0.1) is 23.9 Å². The number of ether oxygens (including phenoxy) is 2. The Labute approximate surface area is 172 Å². The van der Waals surface area contributed by atoms with Crippen molar-refractivity contribution < 1.29 is 18.7 Å². The van der Waals surface area contributed by atoms with Gasteiger partial charge in [0, 0.05) is 0 Å². The first-order chi connectivity index (χ1) is 14.1. The SMILES string of the molecule is COc1ccc(OC(C)C(=O)NCc2ccc(-c3nc4ccccc4s3)o2)cc1. The molecular weight excluding hydrogens is 388 g/mol. The first-order valence-electron chi connectivity index (χ1n) is 9.15. The van der Waals surface area contributed by atoms with Crippen LogP contribution in [0.25, 0.3) is 21.0 Å². The van der Waals surface area contributed by atoms with Gasteiger partial charge in [-0.15, -0.1) is 11.3 Å². The van der Waals surface area contributed by atoms with Crippen molar-refractivity contribution in [2.75, 3.05) is 7.11 Å². The fraction of sp³-hybridized carbons (Fsp3) is 0.182. The van der Waals surface area contributed by atoms with Gasteiger partial charge in [0.2, 0.25) is 0 Å². The minimum Gasteiger partial charge on any atom is -0.497 e. The minimum absolute atomic E-state index is 0.223. The summed E-state index contributed by atoms with van der Waals surface area (Å²) in [7, 11) is 1.60. The highest BCUT2D eigenvalue weighted by Crippen LogP contribution is 2.31. The van der Waals surface area contributed by atoms with Gasteiger partial charge < -0.3 is 19.2 Å². The van der Waals surface area contributed by atoms with Gasteiger partial charge in [0.25, 0.3) is 5.91 Å². The number of rotatable bonds is 7. The summed E-state index contributed by atoms with van der Waals surface area (Å²) < 4.78 is 17.7. The quantitative estimate of drug-likeness (QED) is 0.482. The highest BCUT2D eigenvalue weighted by molar-refractivity contribution is 7.21. The Morgan fingerprint density at radius 1 is 1.10 bits per heavy atom. The van der Waals surface area contributed by atoms with E-state index in [1.165, 1.54) is 0 Å². The van der Waals surface area contributed by atoms with Crippen LogP contribution in [0.4, 0.5) is 0 Å². The van der Waals surface area contributed by atoms with Crippen LogP contribution in [0.3, 0.4) is 0 Å². The van der Waals surface area contributed by atoms with Crippen LogP contribution >= 0.6 is 11.3 Å². The molecule has 1 N–H and O–H groups in total.